The van der Waals surface area contributed by atoms with Gasteiger partial charge in [-0.25, -0.2) is 4.98 Å². The second kappa shape index (κ2) is 7.78. The monoisotopic (exact) mass is 402 g/mol. The van der Waals surface area contributed by atoms with Gasteiger partial charge >= 0.3 is 0 Å². The van der Waals surface area contributed by atoms with Crippen LogP contribution in [0.2, 0.25) is 0 Å². The quantitative estimate of drug-likeness (QED) is 0.513. The Morgan fingerprint density at radius 3 is 2.47 bits per heavy atom. The predicted octanol–water partition coefficient (Wildman–Crippen LogP) is 4.59. The summed E-state index contributed by atoms with van der Waals surface area (Å²) in [7, 11) is 0. The molecule has 6 heteroatoms. The Bertz CT molecular complexity index is 1280. The van der Waals surface area contributed by atoms with Crippen LogP contribution in [0, 0.1) is 5.92 Å². The van der Waals surface area contributed by atoms with Gasteiger partial charge in [-0.1, -0.05) is 44.2 Å². The first kappa shape index (κ1) is 19.9. The lowest BCUT2D eigenvalue weighted by atomic mass is 10.0. The summed E-state index contributed by atoms with van der Waals surface area (Å²) in [6, 6.07) is 16.6. The van der Waals surface area contributed by atoms with E-state index in [9.17, 15) is 9.59 Å². The fraction of sp³-hybridized carbons (Fsp3) is 0.292. The molecule has 30 heavy (non-hydrogen) atoms. The van der Waals surface area contributed by atoms with Crippen molar-refractivity contribution in [1.29, 1.82) is 0 Å². The molecule has 4 aromatic rings. The molecule has 1 amide bonds. The minimum atomic E-state index is -0.301. The molecule has 1 atom stereocenters. The van der Waals surface area contributed by atoms with Crippen molar-refractivity contribution in [3.8, 4) is 0 Å². The van der Waals surface area contributed by atoms with Crippen molar-refractivity contribution in [2.75, 3.05) is 0 Å². The summed E-state index contributed by atoms with van der Waals surface area (Å²) in [5, 5.41) is 3.87. The molecule has 0 fully saturated rings. The molecule has 154 valence electrons. The number of hydrogen-bond acceptors (Lipinski definition) is 3. The van der Waals surface area contributed by atoms with Gasteiger partial charge in [-0.2, -0.15) is 0 Å². The molecule has 0 bridgehead atoms. The maximum absolute atomic E-state index is 13.3. The number of para-hydroxylation sites is 3. The highest BCUT2D eigenvalue weighted by atomic mass is 16.2. The molecule has 1 unspecified atom stereocenters. The van der Waals surface area contributed by atoms with Gasteiger partial charge in [0.1, 0.15) is 5.82 Å². The van der Waals surface area contributed by atoms with E-state index in [0.717, 1.165) is 22.2 Å². The minimum Gasteiger partial charge on any atom is -0.342 e. The van der Waals surface area contributed by atoms with Crippen molar-refractivity contribution >= 4 is 27.8 Å². The first-order valence-electron chi connectivity index (χ1n) is 10.3. The van der Waals surface area contributed by atoms with E-state index in [-0.39, 0.29) is 29.5 Å². The minimum absolute atomic E-state index is 0.108. The Balaban J connectivity index is 1.80. The smallest absolute Gasteiger partial charge is 0.252 e. The average molecular weight is 402 g/mol. The number of aromatic nitrogens is 3. The summed E-state index contributed by atoms with van der Waals surface area (Å²) in [5.74, 6) is 0.651. The highest BCUT2D eigenvalue weighted by Gasteiger charge is 2.27. The van der Waals surface area contributed by atoms with E-state index in [1.54, 1.807) is 6.07 Å². The van der Waals surface area contributed by atoms with Gasteiger partial charge in [-0.05, 0) is 38.0 Å². The van der Waals surface area contributed by atoms with E-state index in [1.165, 1.54) is 6.07 Å². The zero-order valence-electron chi connectivity index (χ0n) is 17.6. The number of aromatic amines is 1. The molecule has 0 aliphatic rings. The molecular formula is C24H26N4O2. The molecule has 6 nitrogen and oxygen atoms in total. The molecule has 0 aliphatic carbocycles. The van der Waals surface area contributed by atoms with E-state index in [4.69, 9.17) is 4.98 Å². The lowest BCUT2D eigenvalue weighted by Crippen LogP contribution is -2.34. The number of carbonyl (C=O) groups excluding carboxylic acids is 1. The Morgan fingerprint density at radius 2 is 1.73 bits per heavy atom. The maximum atomic E-state index is 13.3. The third-order valence-electron chi connectivity index (χ3n) is 5.37. The summed E-state index contributed by atoms with van der Waals surface area (Å²) < 4.78 is 2.18. The van der Waals surface area contributed by atoms with Crippen LogP contribution < -0.4 is 10.9 Å². The molecule has 0 radical (unpaired) electrons. The number of H-pyrrole nitrogens is 1. The van der Waals surface area contributed by atoms with Crippen LogP contribution in [-0.2, 0) is 0 Å². The van der Waals surface area contributed by atoms with Crippen molar-refractivity contribution in [2.45, 2.75) is 39.8 Å². The highest BCUT2D eigenvalue weighted by Crippen LogP contribution is 2.29. The zero-order chi connectivity index (χ0) is 21.4. The number of rotatable bonds is 5. The first-order chi connectivity index (χ1) is 14.4. The van der Waals surface area contributed by atoms with Gasteiger partial charge in [0.2, 0.25) is 5.56 Å². The number of nitrogens with zero attached hydrogens (tertiary/aromatic N) is 2. The van der Waals surface area contributed by atoms with Crippen LogP contribution in [0.25, 0.3) is 21.9 Å². The van der Waals surface area contributed by atoms with Crippen LogP contribution in [0.1, 0.15) is 56.0 Å². The molecule has 4 rings (SSSR count). The van der Waals surface area contributed by atoms with Gasteiger partial charge in [0.25, 0.3) is 5.91 Å². The van der Waals surface area contributed by atoms with Gasteiger partial charge in [-0.3, -0.25) is 9.59 Å². The molecule has 0 spiro atoms. The first-order valence-corrected chi connectivity index (χ1v) is 10.3. The van der Waals surface area contributed by atoms with Crippen LogP contribution in [0.15, 0.2) is 59.4 Å². The van der Waals surface area contributed by atoms with Gasteiger partial charge in [0.15, 0.2) is 0 Å². The molecule has 2 heterocycles. The topological polar surface area (TPSA) is 79.8 Å². The van der Waals surface area contributed by atoms with Gasteiger partial charge in [-0.15, -0.1) is 0 Å². The van der Waals surface area contributed by atoms with Crippen LogP contribution in [0.5, 0.6) is 0 Å². The summed E-state index contributed by atoms with van der Waals surface area (Å²) in [4.78, 5) is 33.0. The second-order valence-electron chi connectivity index (χ2n) is 8.21. The van der Waals surface area contributed by atoms with E-state index < -0.39 is 0 Å². The number of carbonyl (C=O) groups is 1. The summed E-state index contributed by atoms with van der Waals surface area (Å²) in [6.45, 7) is 8.35. The second-order valence-corrected chi connectivity index (χ2v) is 8.21. The molecule has 2 aromatic heterocycles. The summed E-state index contributed by atoms with van der Waals surface area (Å²) in [6.07, 6.45) is 0. The summed E-state index contributed by atoms with van der Waals surface area (Å²) in [5.41, 5.74) is 2.67. The van der Waals surface area contributed by atoms with E-state index in [0.29, 0.717) is 11.1 Å². The Kier molecular flexibility index (Phi) is 5.16. The number of benzene rings is 2. The molecule has 0 aliphatic heterocycles. The number of fused-ring (bicyclic) bond motifs is 2. The van der Waals surface area contributed by atoms with E-state index in [2.05, 4.69) is 48.6 Å². The van der Waals surface area contributed by atoms with Crippen molar-refractivity contribution < 1.29 is 4.79 Å². The number of nitrogens with one attached hydrogen (secondary N) is 2. The average Bonchev–Trinajstić information content (AvgIpc) is 3.10. The van der Waals surface area contributed by atoms with Crippen LogP contribution in [-0.4, -0.2) is 20.4 Å². The number of pyridine rings is 1. The zero-order valence-corrected chi connectivity index (χ0v) is 17.6. The molecule has 0 saturated heterocycles. The normalized spacial score (nSPS) is 12.7. The molecule has 2 N–H and O–H groups in total. The Hall–Kier alpha value is -3.41. The van der Waals surface area contributed by atoms with Crippen LogP contribution >= 0.6 is 0 Å². The third kappa shape index (κ3) is 3.49. The number of imidazole rings is 1. The van der Waals surface area contributed by atoms with Crippen molar-refractivity contribution in [1.82, 2.24) is 19.9 Å². The van der Waals surface area contributed by atoms with E-state index >= 15 is 0 Å². The van der Waals surface area contributed by atoms with Gasteiger partial charge in [0.05, 0.1) is 22.6 Å². The van der Waals surface area contributed by atoms with Crippen molar-refractivity contribution in [2.24, 2.45) is 5.92 Å². The van der Waals surface area contributed by atoms with Crippen molar-refractivity contribution in [3.63, 3.8) is 0 Å². The van der Waals surface area contributed by atoms with E-state index in [1.807, 2.05) is 36.4 Å². The highest BCUT2D eigenvalue weighted by molar-refractivity contribution is 6.06. The molecule has 2 aromatic carbocycles. The van der Waals surface area contributed by atoms with Gasteiger partial charge < -0.3 is 14.9 Å². The maximum Gasteiger partial charge on any atom is 0.252 e. The molecular weight excluding hydrogens is 376 g/mol. The van der Waals surface area contributed by atoms with Gasteiger partial charge in [0, 0.05) is 23.0 Å². The standard InChI is InChI=1S/C24H26N4O2/c1-14(2)22(23-26-19-11-7-8-12-20(19)28(23)15(3)4)27-24(30)17-13-21(29)25-18-10-6-5-9-16(17)18/h5-15,22H,1-4H3,(H,25,29)(H,27,30). The van der Waals surface area contributed by atoms with Crippen LogP contribution in [0.3, 0.4) is 0 Å². The fourth-order valence-electron chi connectivity index (χ4n) is 3.97. The third-order valence-corrected chi connectivity index (χ3v) is 5.37. The number of amides is 1. The fourth-order valence-corrected chi connectivity index (χ4v) is 3.97. The lowest BCUT2D eigenvalue weighted by Gasteiger charge is -2.25. The summed E-state index contributed by atoms with van der Waals surface area (Å²) >= 11 is 0. The van der Waals surface area contributed by atoms with Crippen molar-refractivity contribution in [3.05, 3.63) is 76.3 Å². The lowest BCUT2D eigenvalue weighted by molar-refractivity contribution is 0.0923. The Labute approximate surface area is 175 Å². The predicted molar refractivity (Wildman–Crippen MR) is 120 cm³/mol. The molecule has 0 saturated carbocycles. The Morgan fingerprint density at radius 1 is 1.03 bits per heavy atom. The van der Waals surface area contributed by atoms with Crippen LogP contribution in [0.4, 0.5) is 0 Å². The number of hydrogen-bond donors (Lipinski definition) is 2. The largest absolute Gasteiger partial charge is 0.342 e. The SMILES string of the molecule is CC(C)C(NC(=O)c1cc(=O)[nH]c2ccccc12)c1nc2ccccc2n1C(C)C.